The second kappa shape index (κ2) is 12.4. The van der Waals surface area contributed by atoms with Crippen molar-refractivity contribution in [1.29, 1.82) is 0 Å². The lowest BCUT2D eigenvalue weighted by Gasteiger charge is -2.33. The van der Waals surface area contributed by atoms with Crippen LogP contribution in [0.2, 0.25) is 0 Å². The van der Waals surface area contributed by atoms with Gasteiger partial charge in [0.25, 0.3) is 0 Å². The topological polar surface area (TPSA) is 74.8 Å². The van der Waals surface area contributed by atoms with Gasteiger partial charge in [-0.05, 0) is 63.4 Å². The number of nitrogens with zero attached hydrogens (tertiary/aromatic N) is 4. The summed E-state index contributed by atoms with van der Waals surface area (Å²) in [6.45, 7) is 7.57. The fourth-order valence-corrected chi connectivity index (χ4v) is 5.42. The van der Waals surface area contributed by atoms with Gasteiger partial charge in [-0.1, -0.05) is 30.3 Å². The van der Waals surface area contributed by atoms with Crippen molar-refractivity contribution in [2.24, 2.45) is 0 Å². The predicted molar refractivity (Wildman–Crippen MR) is 150 cm³/mol. The second-order valence-electron chi connectivity index (χ2n) is 10.1. The van der Waals surface area contributed by atoms with Gasteiger partial charge in [-0.3, -0.25) is 4.90 Å². The smallest absolute Gasteiger partial charge is 0.225 e. The number of piperidine rings is 1. The van der Waals surface area contributed by atoms with Crippen LogP contribution in [0.5, 0.6) is 11.5 Å². The van der Waals surface area contributed by atoms with E-state index in [9.17, 15) is 0 Å². The number of nitrogens with one attached hydrogen (secondary N) is 2. The molecule has 8 nitrogen and oxygen atoms in total. The molecule has 1 aromatic heterocycles. The average Bonchev–Trinajstić information content (AvgIpc) is 3.46. The Bertz CT molecular complexity index is 1140. The van der Waals surface area contributed by atoms with E-state index in [1.54, 1.807) is 14.2 Å². The number of hydrogen-bond donors (Lipinski definition) is 2. The minimum absolute atomic E-state index is 0.362. The molecule has 8 heteroatoms. The van der Waals surface area contributed by atoms with Crippen LogP contribution in [-0.2, 0) is 6.54 Å². The van der Waals surface area contributed by atoms with Crippen LogP contribution in [0.1, 0.15) is 37.7 Å². The molecule has 2 aromatic carbocycles. The molecule has 0 saturated carbocycles. The van der Waals surface area contributed by atoms with Crippen LogP contribution in [0, 0.1) is 0 Å². The van der Waals surface area contributed by atoms with Crippen LogP contribution in [0.3, 0.4) is 0 Å². The Kier molecular flexibility index (Phi) is 8.58. The Balaban J connectivity index is 1.28. The number of likely N-dealkylation sites (tertiary alicyclic amines) is 2. The average molecular weight is 505 g/mol. The van der Waals surface area contributed by atoms with Crippen LogP contribution in [0.25, 0.3) is 10.9 Å². The van der Waals surface area contributed by atoms with Crippen LogP contribution >= 0.6 is 0 Å². The maximum Gasteiger partial charge on any atom is 0.225 e. The predicted octanol–water partition coefficient (Wildman–Crippen LogP) is 4.62. The van der Waals surface area contributed by atoms with Crippen LogP contribution in [0.15, 0.2) is 42.5 Å². The molecule has 0 radical (unpaired) electrons. The Morgan fingerprint density at radius 3 is 2.35 bits per heavy atom. The van der Waals surface area contributed by atoms with Gasteiger partial charge in [0.05, 0.1) is 19.7 Å². The zero-order valence-corrected chi connectivity index (χ0v) is 22.2. The second-order valence-corrected chi connectivity index (χ2v) is 10.1. The van der Waals surface area contributed by atoms with Crippen molar-refractivity contribution in [2.75, 3.05) is 64.1 Å². The fraction of sp³-hybridized carbons (Fsp3) is 0.517. The summed E-state index contributed by atoms with van der Waals surface area (Å²) in [5, 5.41) is 8.17. The lowest BCUT2D eigenvalue weighted by atomic mass is 10.0. The highest BCUT2D eigenvalue weighted by atomic mass is 16.5. The molecule has 37 heavy (non-hydrogen) atoms. The lowest BCUT2D eigenvalue weighted by Crippen LogP contribution is -2.38. The van der Waals surface area contributed by atoms with Gasteiger partial charge in [0.2, 0.25) is 5.95 Å². The Hall–Kier alpha value is -3.10. The maximum atomic E-state index is 5.58. The summed E-state index contributed by atoms with van der Waals surface area (Å²) < 4.78 is 11.1. The first-order chi connectivity index (χ1) is 18.2. The number of benzene rings is 2. The number of rotatable bonds is 11. The summed E-state index contributed by atoms with van der Waals surface area (Å²) >= 11 is 0. The van der Waals surface area contributed by atoms with E-state index < -0.39 is 0 Å². The van der Waals surface area contributed by atoms with E-state index in [0.29, 0.717) is 23.5 Å². The summed E-state index contributed by atoms with van der Waals surface area (Å²) in [6, 6.07) is 15.0. The number of aromatic nitrogens is 2. The summed E-state index contributed by atoms with van der Waals surface area (Å²) in [4.78, 5) is 14.8. The molecule has 2 aliphatic rings. The van der Waals surface area contributed by atoms with Gasteiger partial charge in [-0.15, -0.1) is 0 Å². The highest BCUT2D eigenvalue weighted by molar-refractivity contribution is 5.92. The molecule has 2 aliphatic heterocycles. The first-order valence-corrected chi connectivity index (χ1v) is 13.6. The van der Waals surface area contributed by atoms with E-state index in [1.807, 2.05) is 12.1 Å². The molecular formula is C29H40N6O2. The van der Waals surface area contributed by atoms with Crippen molar-refractivity contribution in [3.63, 3.8) is 0 Å². The molecule has 0 spiro atoms. The lowest BCUT2D eigenvalue weighted by molar-refractivity contribution is 0.211. The molecular weight excluding hydrogens is 464 g/mol. The van der Waals surface area contributed by atoms with E-state index in [-0.39, 0.29) is 0 Å². The standard InChI is InChI=1S/C29H40N6O2/c1-36-26-19-24-25(20-27(26)37-2)32-29(30-13-8-16-34-14-6-7-15-34)33-28(24)31-23-11-17-35(18-12-23)21-22-9-4-3-5-10-22/h3-5,9-10,19-20,23H,6-8,11-18,21H2,1-2H3,(H2,30,31,32,33). The summed E-state index contributed by atoms with van der Waals surface area (Å²) in [5.41, 5.74) is 2.22. The molecule has 198 valence electrons. The molecule has 3 aromatic rings. The number of anilines is 2. The summed E-state index contributed by atoms with van der Waals surface area (Å²) in [6.07, 6.45) is 5.88. The zero-order valence-electron chi connectivity index (χ0n) is 22.2. The first-order valence-electron chi connectivity index (χ1n) is 13.6. The number of methoxy groups -OCH3 is 2. The van der Waals surface area contributed by atoms with Crippen LogP contribution in [-0.4, -0.2) is 79.3 Å². The van der Waals surface area contributed by atoms with Crippen molar-refractivity contribution < 1.29 is 9.47 Å². The largest absolute Gasteiger partial charge is 0.493 e. The Morgan fingerprint density at radius 1 is 0.892 bits per heavy atom. The van der Waals surface area contributed by atoms with Gasteiger partial charge in [0.15, 0.2) is 11.5 Å². The maximum absolute atomic E-state index is 5.58. The highest BCUT2D eigenvalue weighted by Crippen LogP contribution is 2.35. The summed E-state index contributed by atoms with van der Waals surface area (Å²) in [5.74, 6) is 2.87. The molecule has 5 rings (SSSR count). The molecule has 0 amide bonds. The molecule has 0 bridgehead atoms. The van der Waals surface area contributed by atoms with E-state index in [1.165, 1.54) is 31.5 Å². The minimum Gasteiger partial charge on any atom is -0.493 e. The van der Waals surface area contributed by atoms with Gasteiger partial charge < -0.3 is 25.0 Å². The van der Waals surface area contributed by atoms with Gasteiger partial charge in [-0.2, -0.15) is 4.98 Å². The summed E-state index contributed by atoms with van der Waals surface area (Å²) in [7, 11) is 3.32. The third kappa shape index (κ3) is 6.62. The van der Waals surface area contributed by atoms with Crippen LogP contribution < -0.4 is 20.1 Å². The molecule has 2 fully saturated rings. The number of ether oxygens (including phenoxy) is 2. The van der Waals surface area contributed by atoms with E-state index >= 15 is 0 Å². The van der Waals surface area contributed by atoms with Crippen LogP contribution in [0.4, 0.5) is 11.8 Å². The van der Waals surface area contributed by atoms with E-state index in [0.717, 1.165) is 68.7 Å². The Morgan fingerprint density at radius 2 is 1.62 bits per heavy atom. The normalized spacial score (nSPS) is 17.2. The third-order valence-corrected chi connectivity index (χ3v) is 7.51. The zero-order chi connectivity index (χ0) is 25.5. The molecule has 0 atom stereocenters. The van der Waals surface area contributed by atoms with Crippen molar-refractivity contribution in [3.05, 3.63) is 48.0 Å². The molecule has 3 heterocycles. The van der Waals surface area contributed by atoms with Gasteiger partial charge in [0, 0.05) is 43.7 Å². The van der Waals surface area contributed by atoms with Gasteiger partial charge in [0.1, 0.15) is 5.82 Å². The molecule has 2 saturated heterocycles. The third-order valence-electron chi connectivity index (χ3n) is 7.51. The van der Waals surface area contributed by atoms with E-state index in [2.05, 4.69) is 50.8 Å². The number of hydrogen-bond acceptors (Lipinski definition) is 8. The SMILES string of the molecule is COc1cc2nc(NCCCN3CCCC3)nc(NC3CCN(Cc4ccccc4)CC3)c2cc1OC. The minimum atomic E-state index is 0.362. The van der Waals surface area contributed by atoms with Crippen molar-refractivity contribution in [1.82, 2.24) is 19.8 Å². The van der Waals surface area contributed by atoms with Crippen molar-refractivity contribution in [2.45, 2.75) is 44.7 Å². The van der Waals surface area contributed by atoms with Crippen molar-refractivity contribution in [3.8, 4) is 11.5 Å². The van der Waals surface area contributed by atoms with Gasteiger partial charge in [-0.25, -0.2) is 4.98 Å². The number of fused-ring (bicyclic) bond motifs is 1. The fourth-order valence-electron chi connectivity index (χ4n) is 5.42. The molecule has 0 aliphatic carbocycles. The monoisotopic (exact) mass is 504 g/mol. The molecule has 2 N–H and O–H groups in total. The van der Waals surface area contributed by atoms with E-state index in [4.69, 9.17) is 19.4 Å². The van der Waals surface area contributed by atoms with Gasteiger partial charge >= 0.3 is 0 Å². The first kappa shape index (κ1) is 25.5. The Labute approximate surface area is 220 Å². The quantitative estimate of drug-likeness (QED) is 0.367. The molecule has 0 unspecified atom stereocenters. The highest BCUT2D eigenvalue weighted by Gasteiger charge is 2.22. The van der Waals surface area contributed by atoms with Crippen molar-refractivity contribution >= 4 is 22.7 Å².